The smallest absolute Gasteiger partial charge is 0.217 e. The first kappa shape index (κ1) is 10.8. The molecular formula is C12H17NO. The van der Waals surface area contributed by atoms with E-state index in [1.165, 1.54) is 17.5 Å². The highest BCUT2D eigenvalue weighted by molar-refractivity contribution is 5.73. The number of hydrogen-bond donors (Lipinski definition) is 1. The minimum absolute atomic E-state index is 0.234. The van der Waals surface area contributed by atoms with Crippen molar-refractivity contribution in [2.45, 2.75) is 32.6 Å². The number of benzene rings is 1. The molecular weight excluding hydrogens is 174 g/mol. The van der Waals surface area contributed by atoms with Crippen LogP contribution in [0.15, 0.2) is 24.3 Å². The Hall–Kier alpha value is -1.31. The Balaban J connectivity index is 2.50. The van der Waals surface area contributed by atoms with E-state index in [-0.39, 0.29) is 5.91 Å². The second-order valence-electron chi connectivity index (χ2n) is 3.53. The third kappa shape index (κ3) is 3.60. The monoisotopic (exact) mass is 191 g/mol. The van der Waals surface area contributed by atoms with Gasteiger partial charge in [0.1, 0.15) is 0 Å². The number of amides is 1. The zero-order valence-electron chi connectivity index (χ0n) is 8.62. The SMILES string of the molecule is CCCc1ccc(CCC(N)=O)cc1. The van der Waals surface area contributed by atoms with Gasteiger partial charge < -0.3 is 5.73 Å². The number of hydrogen-bond acceptors (Lipinski definition) is 1. The van der Waals surface area contributed by atoms with Crippen molar-refractivity contribution in [2.24, 2.45) is 5.73 Å². The largest absolute Gasteiger partial charge is 0.370 e. The molecule has 76 valence electrons. The van der Waals surface area contributed by atoms with Crippen LogP contribution in [-0.2, 0) is 17.6 Å². The molecule has 0 unspecified atom stereocenters. The third-order valence-electron chi connectivity index (χ3n) is 2.22. The first-order valence-electron chi connectivity index (χ1n) is 5.08. The van der Waals surface area contributed by atoms with Crippen LogP contribution in [0.1, 0.15) is 30.9 Å². The van der Waals surface area contributed by atoms with Gasteiger partial charge >= 0.3 is 0 Å². The van der Waals surface area contributed by atoms with Crippen molar-refractivity contribution < 1.29 is 4.79 Å². The van der Waals surface area contributed by atoms with Crippen molar-refractivity contribution in [1.29, 1.82) is 0 Å². The Morgan fingerprint density at radius 3 is 2.07 bits per heavy atom. The zero-order valence-corrected chi connectivity index (χ0v) is 8.62. The molecule has 0 aliphatic rings. The Labute approximate surface area is 85.1 Å². The van der Waals surface area contributed by atoms with Crippen molar-refractivity contribution in [1.82, 2.24) is 0 Å². The van der Waals surface area contributed by atoms with E-state index in [4.69, 9.17) is 5.73 Å². The fourth-order valence-corrected chi connectivity index (χ4v) is 1.43. The second-order valence-corrected chi connectivity index (χ2v) is 3.53. The molecule has 2 N–H and O–H groups in total. The van der Waals surface area contributed by atoms with Gasteiger partial charge in [0.25, 0.3) is 0 Å². The number of aryl methyl sites for hydroxylation is 2. The van der Waals surface area contributed by atoms with Crippen LogP contribution >= 0.6 is 0 Å². The van der Waals surface area contributed by atoms with Gasteiger partial charge in [-0.15, -0.1) is 0 Å². The maximum atomic E-state index is 10.6. The van der Waals surface area contributed by atoms with Gasteiger partial charge in [0.2, 0.25) is 5.91 Å². The number of nitrogens with two attached hydrogens (primary N) is 1. The molecule has 14 heavy (non-hydrogen) atoms. The van der Waals surface area contributed by atoms with Gasteiger partial charge in [0, 0.05) is 6.42 Å². The maximum Gasteiger partial charge on any atom is 0.217 e. The summed E-state index contributed by atoms with van der Waals surface area (Å²) in [4.78, 5) is 10.6. The highest BCUT2D eigenvalue weighted by Gasteiger charge is 1.97. The van der Waals surface area contributed by atoms with Gasteiger partial charge in [0.15, 0.2) is 0 Å². The van der Waals surface area contributed by atoms with Crippen LogP contribution < -0.4 is 5.73 Å². The fraction of sp³-hybridized carbons (Fsp3) is 0.417. The summed E-state index contributed by atoms with van der Waals surface area (Å²) >= 11 is 0. The number of primary amides is 1. The van der Waals surface area contributed by atoms with Crippen LogP contribution in [-0.4, -0.2) is 5.91 Å². The van der Waals surface area contributed by atoms with E-state index in [0.717, 1.165) is 12.8 Å². The standard InChI is InChI=1S/C12H17NO/c1-2-3-10-4-6-11(7-5-10)8-9-12(13)14/h4-7H,2-3,8-9H2,1H3,(H2,13,14). The average Bonchev–Trinajstić information content (AvgIpc) is 2.17. The molecule has 1 amide bonds. The summed E-state index contributed by atoms with van der Waals surface area (Å²) in [6.07, 6.45) is 3.48. The minimum Gasteiger partial charge on any atom is -0.370 e. The van der Waals surface area contributed by atoms with Crippen molar-refractivity contribution in [2.75, 3.05) is 0 Å². The quantitative estimate of drug-likeness (QED) is 0.760. The summed E-state index contributed by atoms with van der Waals surface area (Å²) in [5.41, 5.74) is 7.62. The molecule has 0 aromatic heterocycles. The summed E-state index contributed by atoms with van der Waals surface area (Å²) in [6.45, 7) is 2.17. The van der Waals surface area contributed by atoms with E-state index in [2.05, 4.69) is 31.2 Å². The zero-order chi connectivity index (χ0) is 10.4. The van der Waals surface area contributed by atoms with E-state index < -0.39 is 0 Å². The molecule has 1 aromatic rings. The lowest BCUT2D eigenvalue weighted by atomic mass is 10.0. The van der Waals surface area contributed by atoms with Gasteiger partial charge in [-0.2, -0.15) is 0 Å². The topological polar surface area (TPSA) is 43.1 Å². The van der Waals surface area contributed by atoms with Crippen molar-refractivity contribution in [3.8, 4) is 0 Å². The number of carbonyl (C=O) groups excluding carboxylic acids is 1. The molecule has 1 aromatic carbocycles. The Morgan fingerprint density at radius 1 is 1.14 bits per heavy atom. The van der Waals surface area contributed by atoms with E-state index in [0.29, 0.717) is 6.42 Å². The van der Waals surface area contributed by atoms with Crippen molar-refractivity contribution >= 4 is 5.91 Å². The van der Waals surface area contributed by atoms with E-state index in [1.807, 2.05) is 0 Å². The van der Waals surface area contributed by atoms with E-state index >= 15 is 0 Å². The van der Waals surface area contributed by atoms with E-state index in [9.17, 15) is 4.79 Å². The summed E-state index contributed by atoms with van der Waals surface area (Å²) < 4.78 is 0. The molecule has 1 rings (SSSR count). The normalized spacial score (nSPS) is 10.1. The van der Waals surface area contributed by atoms with Crippen LogP contribution in [0, 0.1) is 0 Å². The molecule has 0 heterocycles. The molecule has 0 radical (unpaired) electrons. The molecule has 0 atom stereocenters. The molecule has 2 nitrogen and oxygen atoms in total. The summed E-state index contributed by atoms with van der Waals surface area (Å²) in [7, 11) is 0. The first-order valence-corrected chi connectivity index (χ1v) is 5.08. The van der Waals surface area contributed by atoms with Gasteiger partial charge in [-0.3, -0.25) is 4.79 Å². The summed E-state index contributed by atoms with van der Waals surface area (Å²) in [5.74, 6) is -0.234. The summed E-state index contributed by atoms with van der Waals surface area (Å²) in [6, 6.07) is 8.40. The van der Waals surface area contributed by atoms with E-state index in [1.54, 1.807) is 0 Å². The fourth-order valence-electron chi connectivity index (χ4n) is 1.43. The highest BCUT2D eigenvalue weighted by atomic mass is 16.1. The van der Waals surface area contributed by atoms with Crippen LogP contribution in [0.2, 0.25) is 0 Å². The van der Waals surface area contributed by atoms with Crippen molar-refractivity contribution in [3.05, 3.63) is 35.4 Å². The number of rotatable bonds is 5. The molecule has 0 bridgehead atoms. The van der Waals surface area contributed by atoms with Crippen molar-refractivity contribution in [3.63, 3.8) is 0 Å². The van der Waals surface area contributed by atoms with Crippen LogP contribution in [0.3, 0.4) is 0 Å². The van der Waals surface area contributed by atoms with Gasteiger partial charge in [-0.1, -0.05) is 37.6 Å². The molecule has 0 saturated carbocycles. The van der Waals surface area contributed by atoms with Crippen LogP contribution in [0.25, 0.3) is 0 Å². The molecule has 0 aliphatic heterocycles. The molecule has 0 saturated heterocycles. The predicted molar refractivity (Wildman–Crippen MR) is 58.0 cm³/mol. The second kappa shape index (κ2) is 5.43. The Kier molecular flexibility index (Phi) is 4.17. The molecule has 2 heteroatoms. The van der Waals surface area contributed by atoms with Crippen LogP contribution in [0.5, 0.6) is 0 Å². The molecule has 0 spiro atoms. The average molecular weight is 191 g/mol. The van der Waals surface area contributed by atoms with Gasteiger partial charge in [0.05, 0.1) is 0 Å². The highest BCUT2D eigenvalue weighted by Crippen LogP contribution is 2.08. The molecule has 0 aliphatic carbocycles. The summed E-state index contributed by atoms with van der Waals surface area (Å²) in [5, 5.41) is 0. The first-order chi connectivity index (χ1) is 6.72. The molecule has 0 fully saturated rings. The lowest BCUT2D eigenvalue weighted by molar-refractivity contribution is -0.117. The maximum absolute atomic E-state index is 10.6. The predicted octanol–water partition coefficient (Wildman–Crippen LogP) is 2.06. The van der Waals surface area contributed by atoms with Gasteiger partial charge in [-0.25, -0.2) is 0 Å². The lowest BCUT2D eigenvalue weighted by Gasteiger charge is -2.01. The third-order valence-corrected chi connectivity index (χ3v) is 2.22. The Bertz CT molecular complexity index is 290. The lowest BCUT2D eigenvalue weighted by Crippen LogP contribution is -2.11. The van der Waals surface area contributed by atoms with Crippen LogP contribution in [0.4, 0.5) is 0 Å². The minimum atomic E-state index is -0.234. The number of carbonyl (C=O) groups is 1. The van der Waals surface area contributed by atoms with Gasteiger partial charge in [-0.05, 0) is 24.0 Å². The Morgan fingerprint density at radius 2 is 1.64 bits per heavy atom.